The van der Waals surface area contributed by atoms with Crippen molar-refractivity contribution in [1.29, 1.82) is 0 Å². The molecule has 0 unspecified atom stereocenters. The highest BCUT2D eigenvalue weighted by Gasteiger charge is 1.98. The SMILES string of the molecule is CC.CCNC(=O)CCCC/C=C\CCCCC(=O)NCC. The average molecular weight is 312 g/mol. The summed E-state index contributed by atoms with van der Waals surface area (Å²) in [4.78, 5) is 22.4. The van der Waals surface area contributed by atoms with Gasteiger partial charge < -0.3 is 10.6 Å². The van der Waals surface area contributed by atoms with Crippen LogP contribution in [0.5, 0.6) is 0 Å². The van der Waals surface area contributed by atoms with E-state index in [4.69, 9.17) is 0 Å². The first-order chi connectivity index (χ1) is 10.7. The van der Waals surface area contributed by atoms with Crippen molar-refractivity contribution in [2.45, 2.75) is 79.1 Å². The lowest BCUT2D eigenvalue weighted by atomic mass is 10.1. The van der Waals surface area contributed by atoms with Crippen molar-refractivity contribution in [3.8, 4) is 0 Å². The second-order valence-electron chi connectivity index (χ2n) is 4.87. The third-order valence-electron chi connectivity index (χ3n) is 2.96. The maximum atomic E-state index is 11.2. The molecule has 0 spiro atoms. The first kappa shape index (κ1) is 23.0. The van der Waals surface area contributed by atoms with Crippen LogP contribution in [0.3, 0.4) is 0 Å². The van der Waals surface area contributed by atoms with E-state index in [-0.39, 0.29) is 11.8 Å². The second kappa shape index (κ2) is 19.7. The molecule has 0 aliphatic heterocycles. The fourth-order valence-electron chi connectivity index (χ4n) is 1.90. The fraction of sp³-hybridized carbons (Fsp3) is 0.778. The van der Waals surface area contributed by atoms with Crippen molar-refractivity contribution in [3.05, 3.63) is 12.2 Å². The number of hydrogen-bond acceptors (Lipinski definition) is 2. The molecule has 0 saturated heterocycles. The number of nitrogens with one attached hydrogen (secondary N) is 2. The number of hydrogen-bond donors (Lipinski definition) is 2. The van der Waals surface area contributed by atoms with Gasteiger partial charge in [-0.2, -0.15) is 0 Å². The van der Waals surface area contributed by atoms with Crippen LogP contribution >= 0.6 is 0 Å². The lowest BCUT2D eigenvalue weighted by Gasteiger charge is -2.01. The van der Waals surface area contributed by atoms with Crippen LogP contribution in [0, 0.1) is 0 Å². The molecule has 4 heteroatoms. The van der Waals surface area contributed by atoms with Gasteiger partial charge in [-0.15, -0.1) is 0 Å². The van der Waals surface area contributed by atoms with E-state index in [9.17, 15) is 9.59 Å². The van der Waals surface area contributed by atoms with Gasteiger partial charge in [0.05, 0.1) is 0 Å². The van der Waals surface area contributed by atoms with Crippen molar-refractivity contribution >= 4 is 11.8 Å². The van der Waals surface area contributed by atoms with Gasteiger partial charge in [-0.1, -0.05) is 26.0 Å². The summed E-state index contributed by atoms with van der Waals surface area (Å²) in [5.74, 6) is 0.309. The summed E-state index contributed by atoms with van der Waals surface area (Å²) >= 11 is 0. The van der Waals surface area contributed by atoms with Crippen molar-refractivity contribution in [2.24, 2.45) is 0 Å². The molecule has 0 heterocycles. The highest BCUT2D eigenvalue weighted by Crippen LogP contribution is 2.04. The van der Waals surface area contributed by atoms with Gasteiger partial charge in [-0.25, -0.2) is 0 Å². The standard InChI is InChI=1S/C16H30N2O2.C2H6/c1-3-17-15(19)13-11-9-7-5-6-8-10-12-14-16(20)18-4-2;1-2/h5-6H,3-4,7-14H2,1-2H3,(H,17,19)(H,18,20);1-2H3/b6-5-;. The maximum absolute atomic E-state index is 11.2. The highest BCUT2D eigenvalue weighted by molar-refractivity contribution is 5.76. The highest BCUT2D eigenvalue weighted by atomic mass is 16.2. The Balaban J connectivity index is 0. The molecule has 130 valence electrons. The topological polar surface area (TPSA) is 58.2 Å². The average Bonchev–Trinajstić information content (AvgIpc) is 2.51. The molecule has 0 atom stereocenters. The third-order valence-corrected chi connectivity index (χ3v) is 2.96. The first-order valence-corrected chi connectivity index (χ1v) is 8.89. The zero-order valence-corrected chi connectivity index (χ0v) is 15.0. The minimum absolute atomic E-state index is 0.154. The van der Waals surface area contributed by atoms with Gasteiger partial charge in [0.25, 0.3) is 0 Å². The van der Waals surface area contributed by atoms with Crippen LogP contribution in [-0.2, 0) is 9.59 Å². The van der Waals surface area contributed by atoms with E-state index in [0.717, 1.165) is 51.6 Å². The molecule has 0 saturated carbocycles. The van der Waals surface area contributed by atoms with Crippen LogP contribution in [0.25, 0.3) is 0 Å². The first-order valence-electron chi connectivity index (χ1n) is 8.89. The zero-order chi connectivity index (χ0) is 17.1. The molecule has 4 nitrogen and oxygen atoms in total. The Hall–Kier alpha value is -1.32. The molecule has 2 N–H and O–H groups in total. The Bertz CT molecular complexity index is 261. The predicted molar refractivity (Wildman–Crippen MR) is 94.8 cm³/mol. The summed E-state index contributed by atoms with van der Waals surface area (Å²) in [7, 11) is 0. The van der Waals surface area contributed by atoms with Gasteiger partial charge in [-0.3, -0.25) is 9.59 Å². The molecule has 22 heavy (non-hydrogen) atoms. The normalized spacial score (nSPS) is 10.0. The Morgan fingerprint density at radius 1 is 0.727 bits per heavy atom. The van der Waals surface area contributed by atoms with Crippen LogP contribution in [0.1, 0.15) is 79.1 Å². The lowest BCUT2D eigenvalue weighted by Crippen LogP contribution is -2.21. The van der Waals surface area contributed by atoms with E-state index in [1.54, 1.807) is 0 Å². The van der Waals surface area contributed by atoms with Crippen LogP contribution in [0.15, 0.2) is 12.2 Å². The van der Waals surface area contributed by atoms with Gasteiger partial charge in [0.15, 0.2) is 0 Å². The lowest BCUT2D eigenvalue weighted by molar-refractivity contribution is -0.121. The van der Waals surface area contributed by atoms with Crippen LogP contribution < -0.4 is 10.6 Å². The minimum atomic E-state index is 0.154. The van der Waals surface area contributed by atoms with E-state index in [0.29, 0.717) is 12.8 Å². The number of allylic oxidation sites excluding steroid dienone is 2. The Morgan fingerprint density at radius 2 is 1.09 bits per heavy atom. The van der Waals surface area contributed by atoms with E-state index in [1.165, 1.54) is 0 Å². The van der Waals surface area contributed by atoms with Gasteiger partial charge >= 0.3 is 0 Å². The second-order valence-corrected chi connectivity index (χ2v) is 4.87. The number of rotatable bonds is 12. The molecule has 0 rings (SSSR count). The molecule has 0 aliphatic carbocycles. The van der Waals surface area contributed by atoms with Crippen molar-refractivity contribution in [3.63, 3.8) is 0 Å². The third kappa shape index (κ3) is 18.7. The van der Waals surface area contributed by atoms with E-state index < -0.39 is 0 Å². The van der Waals surface area contributed by atoms with Gasteiger partial charge in [0.2, 0.25) is 11.8 Å². The van der Waals surface area contributed by atoms with Gasteiger partial charge in [0, 0.05) is 25.9 Å². The molecule has 0 aliphatic rings. The quantitative estimate of drug-likeness (QED) is 0.423. The van der Waals surface area contributed by atoms with E-state index in [1.807, 2.05) is 27.7 Å². The van der Waals surface area contributed by atoms with Crippen LogP contribution in [0.2, 0.25) is 0 Å². The summed E-state index contributed by atoms with van der Waals surface area (Å²) in [6, 6.07) is 0. The van der Waals surface area contributed by atoms with Crippen molar-refractivity contribution in [1.82, 2.24) is 10.6 Å². The number of carbonyl (C=O) groups excluding carboxylic acids is 2. The predicted octanol–water partition coefficient (Wildman–Crippen LogP) is 3.96. The largest absolute Gasteiger partial charge is 0.356 e. The molecule has 0 aromatic rings. The summed E-state index contributed by atoms with van der Waals surface area (Å²) in [5.41, 5.74) is 0. The van der Waals surface area contributed by atoms with Gasteiger partial charge in [0.1, 0.15) is 0 Å². The van der Waals surface area contributed by atoms with Gasteiger partial charge in [-0.05, 0) is 52.4 Å². The Morgan fingerprint density at radius 3 is 1.41 bits per heavy atom. The molecule has 0 fully saturated rings. The minimum Gasteiger partial charge on any atom is -0.356 e. The monoisotopic (exact) mass is 312 g/mol. The van der Waals surface area contributed by atoms with Crippen molar-refractivity contribution < 1.29 is 9.59 Å². The molecular weight excluding hydrogens is 276 g/mol. The van der Waals surface area contributed by atoms with E-state index in [2.05, 4.69) is 22.8 Å². The summed E-state index contributed by atoms with van der Waals surface area (Å²) in [6.07, 6.45) is 11.7. The number of amides is 2. The van der Waals surface area contributed by atoms with E-state index >= 15 is 0 Å². The number of unbranched alkanes of at least 4 members (excludes halogenated alkanes) is 4. The summed E-state index contributed by atoms with van der Waals surface area (Å²) in [5, 5.41) is 5.60. The summed E-state index contributed by atoms with van der Waals surface area (Å²) in [6.45, 7) is 9.31. The van der Waals surface area contributed by atoms with Crippen LogP contribution in [-0.4, -0.2) is 24.9 Å². The number of carbonyl (C=O) groups is 2. The molecule has 0 aromatic heterocycles. The molecular formula is C18H36N2O2. The molecule has 0 radical (unpaired) electrons. The molecule has 0 aromatic carbocycles. The maximum Gasteiger partial charge on any atom is 0.219 e. The Kier molecular flexibility index (Phi) is 20.5. The molecule has 2 amide bonds. The zero-order valence-electron chi connectivity index (χ0n) is 15.0. The fourth-order valence-corrected chi connectivity index (χ4v) is 1.90. The smallest absolute Gasteiger partial charge is 0.219 e. The van der Waals surface area contributed by atoms with Crippen LogP contribution in [0.4, 0.5) is 0 Å². The molecule has 0 bridgehead atoms. The van der Waals surface area contributed by atoms with Crippen molar-refractivity contribution in [2.75, 3.05) is 13.1 Å². The Labute approximate surface area is 137 Å². The summed E-state index contributed by atoms with van der Waals surface area (Å²) < 4.78 is 0.